The Morgan fingerprint density at radius 3 is 2.69 bits per heavy atom. The SMILES string of the molecule is COCCN(C(=O)Cc1c(C)n(C(=O)c2cccc(OC)c2)c2ccc(CO)cc12)c1nccs1. The van der Waals surface area contributed by atoms with Crippen LogP contribution in [-0.4, -0.2) is 53.8 Å². The zero-order valence-corrected chi connectivity index (χ0v) is 20.7. The van der Waals surface area contributed by atoms with Crippen molar-refractivity contribution in [2.75, 3.05) is 32.3 Å². The maximum atomic E-state index is 13.6. The molecule has 8 nitrogen and oxygen atoms in total. The van der Waals surface area contributed by atoms with Crippen LogP contribution in [0.5, 0.6) is 5.75 Å². The Morgan fingerprint density at radius 1 is 1.17 bits per heavy atom. The number of carbonyl (C=O) groups is 2. The molecule has 2 heterocycles. The smallest absolute Gasteiger partial charge is 0.262 e. The first-order valence-corrected chi connectivity index (χ1v) is 12.0. The molecule has 1 N–H and O–H groups in total. The molecule has 2 aromatic carbocycles. The van der Waals surface area contributed by atoms with Gasteiger partial charge in [-0.15, -0.1) is 11.3 Å². The summed E-state index contributed by atoms with van der Waals surface area (Å²) in [7, 11) is 3.14. The molecule has 182 valence electrons. The van der Waals surface area contributed by atoms with E-state index < -0.39 is 0 Å². The summed E-state index contributed by atoms with van der Waals surface area (Å²) in [4.78, 5) is 33.0. The van der Waals surface area contributed by atoms with Crippen molar-refractivity contribution in [1.29, 1.82) is 0 Å². The molecule has 4 rings (SSSR count). The van der Waals surface area contributed by atoms with Crippen LogP contribution in [0.3, 0.4) is 0 Å². The maximum Gasteiger partial charge on any atom is 0.262 e. The number of amides is 1. The van der Waals surface area contributed by atoms with E-state index in [2.05, 4.69) is 4.98 Å². The number of benzene rings is 2. The number of aromatic nitrogens is 2. The zero-order chi connectivity index (χ0) is 24.9. The maximum absolute atomic E-state index is 13.6. The summed E-state index contributed by atoms with van der Waals surface area (Å²) in [5, 5.41) is 12.9. The van der Waals surface area contributed by atoms with Gasteiger partial charge in [-0.05, 0) is 48.4 Å². The van der Waals surface area contributed by atoms with E-state index in [1.165, 1.54) is 11.3 Å². The van der Waals surface area contributed by atoms with Crippen LogP contribution in [0.2, 0.25) is 0 Å². The Kier molecular flexibility index (Phi) is 7.60. The summed E-state index contributed by atoms with van der Waals surface area (Å²) in [6.45, 7) is 2.43. The van der Waals surface area contributed by atoms with E-state index in [0.29, 0.717) is 46.4 Å². The Labute approximate surface area is 207 Å². The number of hydrogen-bond acceptors (Lipinski definition) is 7. The second kappa shape index (κ2) is 10.8. The monoisotopic (exact) mass is 493 g/mol. The van der Waals surface area contributed by atoms with Gasteiger partial charge in [0.25, 0.3) is 5.91 Å². The number of anilines is 1. The molecule has 0 aliphatic rings. The molecule has 0 fully saturated rings. The van der Waals surface area contributed by atoms with Crippen LogP contribution < -0.4 is 9.64 Å². The minimum absolute atomic E-state index is 0.0684. The standard InChI is InChI=1S/C26H27N3O5S/c1-17-21(15-24(31)28(10-11-33-2)26-27-9-12-35-26)22-13-18(16-30)7-8-23(22)29(17)25(32)19-5-4-6-20(14-19)34-3/h4-9,12-14,30H,10-11,15-16H2,1-3H3. The summed E-state index contributed by atoms with van der Waals surface area (Å²) < 4.78 is 12.1. The van der Waals surface area contributed by atoms with Crippen molar-refractivity contribution in [2.24, 2.45) is 0 Å². The Hall–Kier alpha value is -3.53. The van der Waals surface area contributed by atoms with Gasteiger partial charge in [0.1, 0.15) is 5.75 Å². The molecule has 0 aliphatic carbocycles. The number of aliphatic hydroxyl groups is 1. The van der Waals surface area contributed by atoms with Crippen molar-refractivity contribution in [3.8, 4) is 5.75 Å². The molecule has 4 aromatic rings. The van der Waals surface area contributed by atoms with Crippen molar-refractivity contribution in [3.05, 3.63) is 76.4 Å². The topological polar surface area (TPSA) is 93.9 Å². The minimum atomic E-state index is -0.224. The number of aliphatic hydroxyl groups excluding tert-OH is 1. The predicted octanol–water partition coefficient (Wildman–Crippen LogP) is 3.82. The quantitative estimate of drug-likeness (QED) is 0.381. The number of rotatable bonds is 9. The van der Waals surface area contributed by atoms with E-state index in [9.17, 15) is 14.7 Å². The summed E-state index contributed by atoms with van der Waals surface area (Å²) in [6.07, 6.45) is 1.73. The third-order valence-electron chi connectivity index (χ3n) is 5.90. The molecule has 35 heavy (non-hydrogen) atoms. The first kappa shape index (κ1) is 24.6. The van der Waals surface area contributed by atoms with Crippen LogP contribution in [0.15, 0.2) is 54.0 Å². The largest absolute Gasteiger partial charge is 0.497 e. The van der Waals surface area contributed by atoms with Gasteiger partial charge in [-0.25, -0.2) is 4.98 Å². The highest BCUT2D eigenvalue weighted by atomic mass is 32.1. The van der Waals surface area contributed by atoms with Gasteiger partial charge >= 0.3 is 0 Å². The Balaban J connectivity index is 1.79. The summed E-state index contributed by atoms with van der Waals surface area (Å²) >= 11 is 1.38. The lowest BCUT2D eigenvalue weighted by Gasteiger charge is -2.19. The van der Waals surface area contributed by atoms with Gasteiger partial charge in [0.15, 0.2) is 5.13 Å². The summed E-state index contributed by atoms with van der Waals surface area (Å²) in [5.74, 6) is 0.209. The van der Waals surface area contributed by atoms with Gasteiger partial charge in [-0.1, -0.05) is 12.1 Å². The van der Waals surface area contributed by atoms with Crippen molar-refractivity contribution in [1.82, 2.24) is 9.55 Å². The fourth-order valence-electron chi connectivity index (χ4n) is 4.10. The average molecular weight is 494 g/mol. The van der Waals surface area contributed by atoms with E-state index in [4.69, 9.17) is 9.47 Å². The number of ether oxygens (including phenoxy) is 2. The molecule has 0 atom stereocenters. The predicted molar refractivity (Wildman–Crippen MR) is 135 cm³/mol. The Bertz CT molecular complexity index is 1350. The number of hydrogen-bond donors (Lipinski definition) is 1. The molecule has 1 amide bonds. The molecule has 9 heteroatoms. The molecule has 0 saturated carbocycles. The van der Waals surface area contributed by atoms with Gasteiger partial charge in [-0.3, -0.25) is 19.1 Å². The zero-order valence-electron chi connectivity index (χ0n) is 19.9. The number of methoxy groups -OCH3 is 2. The third-order valence-corrected chi connectivity index (χ3v) is 6.69. The van der Waals surface area contributed by atoms with Crippen molar-refractivity contribution < 1.29 is 24.2 Å². The van der Waals surface area contributed by atoms with Crippen molar-refractivity contribution in [3.63, 3.8) is 0 Å². The molecular formula is C26H27N3O5S. The summed E-state index contributed by atoms with van der Waals surface area (Å²) in [6, 6.07) is 12.4. The van der Waals surface area contributed by atoms with Gasteiger partial charge < -0.3 is 14.6 Å². The highest BCUT2D eigenvalue weighted by molar-refractivity contribution is 7.13. The first-order valence-electron chi connectivity index (χ1n) is 11.1. The van der Waals surface area contributed by atoms with Gasteiger partial charge in [-0.2, -0.15) is 0 Å². The second-order valence-electron chi connectivity index (χ2n) is 7.98. The number of nitrogens with zero attached hydrogens (tertiary/aromatic N) is 3. The van der Waals surface area contributed by atoms with Crippen LogP contribution in [0, 0.1) is 6.92 Å². The molecule has 0 spiro atoms. The highest BCUT2D eigenvalue weighted by Crippen LogP contribution is 2.30. The van der Waals surface area contributed by atoms with E-state index >= 15 is 0 Å². The van der Waals surface area contributed by atoms with Gasteiger partial charge in [0, 0.05) is 35.3 Å². The van der Waals surface area contributed by atoms with Gasteiger partial charge in [0.2, 0.25) is 5.91 Å². The number of fused-ring (bicyclic) bond motifs is 1. The lowest BCUT2D eigenvalue weighted by molar-refractivity contribution is -0.118. The fraction of sp³-hybridized carbons (Fsp3) is 0.269. The van der Waals surface area contributed by atoms with E-state index in [-0.39, 0.29) is 24.8 Å². The van der Waals surface area contributed by atoms with E-state index in [1.54, 1.807) is 60.2 Å². The van der Waals surface area contributed by atoms with Crippen LogP contribution in [0.25, 0.3) is 10.9 Å². The Morgan fingerprint density at radius 2 is 2.00 bits per heavy atom. The summed E-state index contributed by atoms with van der Waals surface area (Å²) in [5.41, 5.74) is 3.25. The fourth-order valence-corrected chi connectivity index (χ4v) is 4.79. The molecule has 0 unspecified atom stereocenters. The van der Waals surface area contributed by atoms with Crippen LogP contribution in [0.1, 0.15) is 27.2 Å². The van der Waals surface area contributed by atoms with Crippen molar-refractivity contribution in [2.45, 2.75) is 20.0 Å². The molecule has 0 radical (unpaired) electrons. The third kappa shape index (κ3) is 4.97. The van der Waals surface area contributed by atoms with Crippen LogP contribution >= 0.6 is 11.3 Å². The normalized spacial score (nSPS) is 11.1. The van der Waals surface area contributed by atoms with Crippen LogP contribution in [-0.2, 0) is 22.6 Å². The van der Waals surface area contributed by atoms with Crippen molar-refractivity contribution >= 4 is 39.2 Å². The number of carbonyl (C=O) groups excluding carboxylic acids is 2. The molecule has 0 saturated heterocycles. The lowest BCUT2D eigenvalue weighted by Crippen LogP contribution is -2.35. The molecular weight excluding hydrogens is 466 g/mol. The first-order chi connectivity index (χ1) is 17.0. The van der Waals surface area contributed by atoms with Gasteiger partial charge in [0.05, 0.1) is 38.8 Å². The molecule has 0 aliphatic heterocycles. The molecule has 0 bridgehead atoms. The highest BCUT2D eigenvalue weighted by Gasteiger charge is 2.25. The average Bonchev–Trinajstić information content (AvgIpc) is 3.50. The second-order valence-corrected chi connectivity index (χ2v) is 8.85. The lowest BCUT2D eigenvalue weighted by atomic mass is 10.0. The minimum Gasteiger partial charge on any atom is -0.497 e. The number of thiazole rings is 1. The van der Waals surface area contributed by atoms with Crippen LogP contribution in [0.4, 0.5) is 5.13 Å². The molecule has 2 aromatic heterocycles. The van der Waals surface area contributed by atoms with E-state index in [1.807, 2.05) is 24.4 Å². The van der Waals surface area contributed by atoms with E-state index in [0.717, 1.165) is 10.9 Å².